The molecule has 3 heterocycles. The zero-order chi connectivity index (χ0) is 15.3. The fraction of sp³-hybridized carbons (Fsp3) is 0.471. The molecule has 0 aromatic carbocycles. The SMILES string of the molecule is CN1C(=O)C2=C(C(=O)C3CCCCC3O2)C1c1ccccn1. The number of hydrogen-bond donors (Lipinski definition) is 0. The molecule has 1 saturated carbocycles. The van der Waals surface area contributed by atoms with Gasteiger partial charge < -0.3 is 9.64 Å². The molecule has 1 fully saturated rings. The van der Waals surface area contributed by atoms with E-state index >= 15 is 0 Å². The van der Waals surface area contributed by atoms with Crippen LogP contribution in [-0.4, -0.2) is 34.7 Å². The van der Waals surface area contributed by atoms with Crippen LogP contribution in [0.15, 0.2) is 35.7 Å². The number of hydrogen-bond acceptors (Lipinski definition) is 4. The maximum absolute atomic E-state index is 13.0. The molecular formula is C17H18N2O3. The smallest absolute Gasteiger partial charge is 0.290 e. The number of rotatable bonds is 1. The topological polar surface area (TPSA) is 59.5 Å². The van der Waals surface area contributed by atoms with Crippen molar-refractivity contribution in [2.24, 2.45) is 5.92 Å². The third-order valence-electron chi connectivity index (χ3n) is 4.96. The van der Waals surface area contributed by atoms with E-state index < -0.39 is 6.04 Å². The van der Waals surface area contributed by atoms with Crippen LogP contribution >= 0.6 is 0 Å². The summed E-state index contributed by atoms with van der Waals surface area (Å²) >= 11 is 0. The van der Waals surface area contributed by atoms with Crippen LogP contribution in [0.4, 0.5) is 0 Å². The first-order valence-electron chi connectivity index (χ1n) is 7.81. The third-order valence-corrected chi connectivity index (χ3v) is 4.96. The van der Waals surface area contributed by atoms with Crippen LogP contribution in [-0.2, 0) is 14.3 Å². The van der Waals surface area contributed by atoms with E-state index in [1.54, 1.807) is 18.1 Å². The van der Waals surface area contributed by atoms with Gasteiger partial charge in [-0.2, -0.15) is 0 Å². The van der Waals surface area contributed by atoms with E-state index in [9.17, 15) is 9.59 Å². The minimum atomic E-state index is -0.418. The predicted octanol–water partition coefficient (Wildman–Crippen LogP) is 2.01. The van der Waals surface area contributed by atoms with E-state index in [1.165, 1.54) is 0 Å². The van der Waals surface area contributed by atoms with Gasteiger partial charge >= 0.3 is 0 Å². The van der Waals surface area contributed by atoms with Crippen molar-refractivity contribution in [3.63, 3.8) is 0 Å². The Morgan fingerprint density at radius 3 is 2.82 bits per heavy atom. The molecule has 3 atom stereocenters. The Hall–Kier alpha value is -2.17. The van der Waals surface area contributed by atoms with Crippen molar-refractivity contribution in [1.29, 1.82) is 0 Å². The van der Waals surface area contributed by atoms with Gasteiger partial charge in [0.1, 0.15) is 12.1 Å². The Bertz CT molecular complexity index is 668. The summed E-state index contributed by atoms with van der Waals surface area (Å²) in [6.07, 6.45) is 5.39. The molecule has 3 aliphatic rings. The number of Topliss-reactive ketones (excluding diaryl/α,β-unsaturated/α-hetero) is 1. The lowest BCUT2D eigenvalue weighted by molar-refractivity contribution is -0.134. The second-order valence-electron chi connectivity index (χ2n) is 6.23. The molecule has 5 heteroatoms. The Morgan fingerprint density at radius 2 is 2.05 bits per heavy atom. The number of carbonyl (C=O) groups is 2. The largest absolute Gasteiger partial charge is 0.483 e. The maximum Gasteiger partial charge on any atom is 0.290 e. The summed E-state index contributed by atoms with van der Waals surface area (Å²) in [6, 6.07) is 5.13. The van der Waals surface area contributed by atoms with Gasteiger partial charge in [0, 0.05) is 13.2 Å². The van der Waals surface area contributed by atoms with Crippen LogP contribution < -0.4 is 0 Å². The van der Waals surface area contributed by atoms with Crippen molar-refractivity contribution in [1.82, 2.24) is 9.88 Å². The van der Waals surface area contributed by atoms with E-state index in [-0.39, 0.29) is 29.5 Å². The summed E-state index contributed by atoms with van der Waals surface area (Å²) in [5.74, 6) is 0.0339. The summed E-state index contributed by atoms with van der Waals surface area (Å²) in [5, 5.41) is 0. The van der Waals surface area contributed by atoms with E-state index in [0.717, 1.165) is 31.4 Å². The lowest BCUT2D eigenvalue weighted by atomic mass is 9.78. The van der Waals surface area contributed by atoms with Crippen molar-refractivity contribution < 1.29 is 14.3 Å². The lowest BCUT2D eigenvalue weighted by Crippen LogP contribution is -2.39. The average Bonchev–Trinajstić information content (AvgIpc) is 2.81. The number of ether oxygens (including phenoxy) is 1. The molecule has 0 saturated heterocycles. The number of aromatic nitrogens is 1. The van der Waals surface area contributed by atoms with Gasteiger partial charge in [0.2, 0.25) is 0 Å². The van der Waals surface area contributed by atoms with Gasteiger partial charge in [0.25, 0.3) is 5.91 Å². The average molecular weight is 298 g/mol. The minimum absolute atomic E-state index is 0.0827. The molecule has 0 bridgehead atoms. The number of fused-ring (bicyclic) bond motifs is 1. The van der Waals surface area contributed by atoms with Crippen molar-refractivity contribution in [3.8, 4) is 0 Å². The molecule has 1 aliphatic carbocycles. The van der Waals surface area contributed by atoms with Gasteiger partial charge in [-0.05, 0) is 31.4 Å². The normalized spacial score (nSPS) is 31.0. The first-order valence-corrected chi connectivity index (χ1v) is 7.81. The standard InChI is InChI=1S/C17H18N2O3/c1-19-14(11-7-4-5-9-18-11)13-15(20)10-6-2-3-8-12(10)22-16(13)17(19)21/h4-5,7,9-10,12,14H,2-3,6,8H2,1H3. The Kier molecular flexibility index (Phi) is 3.03. The number of ketones is 1. The van der Waals surface area contributed by atoms with Crippen molar-refractivity contribution in [2.45, 2.75) is 37.8 Å². The molecule has 0 radical (unpaired) electrons. The molecule has 1 amide bonds. The summed E-state index contributed by atoms with van der Waals surface area (Å²) in [6.45, 7) is 0. The molecule has 22 heavy (non-hydrogen) atoms. The van der Waals surface area contributed by atoms with Gasteiger partial charge in [0.05, 0.1) is 17.2 Å². The van der Waals surface area contributed by atoms with Gasteiger partial charge in [0.15, 0.2) is 11.5 Å². The lowest BCUT2D eigenvalue weighted by Gasteiger charge is -2.35. The number of likely N-dealkylation sites (N-methyl/N-ethyl adjacent to an activating group) is 1. The van der Waals surface area contributed by atoms with Crippen LogP contribution in [0.3, 0.4) is 0 Å². The highest BCUT2D eigenvalue weighted by Gasteiger charge is 2.51. The van der Waals surface area contributed by atoms with Crippen molar-refractivity contribution in [3.05, 3.63) is 41.4 Å². The van der Waals surface area contributed by atoms with Crippen LogP contribution in [0.2, 0.25) is 0 Å². The molecule has 1 aromatic heterocycles. The van der Waals surface area contributed by atoms with Crippen LogP contribution in [0.5, 0.6) is 0 Å². The van der Waals surface area contributed by atoms with Crippen molar-refractivity contribution >= 4 is 11.7 Å². The summed E-state index contributed by atoms with van der Waals surface area (Å²) in [4.78, 5) is 31.4. The van der Waals surface area contributed by atoms with E-state index in [0.29, 0.717) is 5.57 Å². The second-order valence-corrected chi connectivity index (χ2v) is 6.23. The highest BCUT2D eigenvalue weighted by Crippen LogP contribution is 2.45. The Labute approximate surface area is 129 Å². The highest BCUT2D eigenvalue weighted by molar-refractivity contribution is 6.10. The second kappa shape index (κ2) is 4.93. The number of nitrogens with zero attached hydrogens (tertiary/aromatic N) is 2. The molecule has 0 N–H and O–H groups in total. The van der Waals surface area contributed by atoms with E-state index in [4.69, 9.17) is 4.74 Å². The zero-order valence-corrected chi connectivity index (χ0v) is 12.5. The predicted molar refractivity (Wildman–Crippen MR) is 78.6 cm³/mol. The molecule has 5 nitrogen and oxygen atoms in total. The van der Waals surface area contributed by atoms with Gasteiger partial charge in [-0.1, -0.05) is 12.5 Å². The summed E-state index contributed by atoms with van der Waals surface area (Å²) < 4.78 is 5.96. The minimum Gasteiger partial charge on any atom is -0.483 e. The molecule has 1 aromatic rings. The van der Waals surface area contributed by atoms with Crippen LogP contribution in [0, 0.1) is 5.92 Å². The molecule has 3 unspecified atom stereocenters. The van der Waals surface area contributed by atoms with E-state index in [1.807, 2.05) is 18.2 Å². The maximum atomic E-state index is 13.0. The highest BCUT2D eigenvalue weighted by atomic mass is 16.5. The number of carbonyl (C=O) groups excluding carboxylic acids is 2. The Morgan fingerprint density at radius 1 is 1.23 bits per heavy atom. The molecule has 0 spiro atoms. The quantitative estimate of drug-likeness (QED) is 0.795. The Balaban J connectivity index is 1.80. The van der Waals surface area contributed by atoms with E-state index in [2.05, 4.69) is 4.98 Å². The monoisotopic (exact) mass is 298 g/mol. The summed E-state index contributed by atoms with van der Waals surface area (Å²) in [7, 11) is 1.71. The molecule has 114 valence electrons. The number of amides is 1. The first-order chi connectivity index (χ1) is 10.7. The number of pyridine rings is 1. The molecule has 2 aliphatic heterocycles. The fourth-order valence-electron chi connectivity index (χ4n) is 3.84. The van der Waals surface area contributed by atoms with Crippen LogP contribution in [0.25, 0.3) is 0 Å². The first kappa shape index (κ1) is 13.5. The molecule has 4 rings (SSSR count). The van der Waals surface area contributed by atoms with Gasteiger partial charge in [-0.3, -0.25) is 14.6 Å². The fourth-order valence-corrected chi connectivity index (χ4v) is 3.84. The summed E-state index contributed by atoms with van der Waals surface area (Å²) in [5.41, 5.74) is 1.23. The van der Waals surface area contributed by atoms with Gasteiger partial charge in [-0.15, -0.1) is 0 Å². The molecular weight excluding hydrogens is 280 g/mol. The third kappa shape index (κ3) is 1.81. The van der Waals surface area contributed by atoms with Crippen molar-refractivity contribution in [2.75, 3.05) is 7.05 Å². The zero-order valence-electron chi connectivity index (χ0n) is 12.5. The van der Waals surface area contributed by atoms with Gasteiger partial charge in [-0.25, -0.2) is 0 Å². The van der Waals surface area contributed by atoms with Crippen LogP contribution in [0.1, 0.15) is 37.4 Å².